The molecule has 1 aromatic carbocycles. The fourth-order valence-corrected chi connectivity index (χ4v) is 8.53. The van der Waals surface area contributed by atoms with E-state index >= 15 is 0 Å². The van der Waals surface area contributed by atoms with Gasteiger partial charge in [0.1, 0.15) is 17.0 Å². The maximum absolute atomic E-state index is 13.0. The number of nitrogens with zero attached hydrogens (tertiary/aromatic N) is 5. The number of sulfonamides is 2. The Morgan fingerprint density at radius 2 is 1.73 bits per heavy atom. The molecule has 0 spiro atoms. The molecule has 1 N–H and O–H groups in total. The highest BCUT2D eigenvalue weighted by Crippen LogP contribution is 2.31. The molecule has 11 nitrogen and oxygen atoms in total. The lowest BCUT2D eigenvalue weighted by Gasteiger charge is -2.45. The van der Waals surface area contributed by atoms with E-state index in [1.165, 1.54) is 12.1 Å². The molecule has 4 rings (SSSR count). The summed E-state index contributed by atoms with van der Waals surface area (Å²) < 4.78 is 49.0. The molecular weight excluding hydrogens is 536 g/mol. The highest BCUT2D eigenvalue weighted by atomic mass is 32.3. The van der Waals surface area contributed by atoms with Gasteiger partial charge in [-0.3, -0.25) is 9.69 Å². The van der Waals surface area contributed by atoms with Crippen LogP contribution in [0.3, 0.4) is 0 Å². The van der Waals surface area contributed by atoms with E-state index in [0.29, 0.717) is 28.1 Å². The van der Waals surface area contributed by atoms with Crippen molar-refractivity contribution in [1.82, 2.24) is 14.9 Å². The first-order valence-electron chi connectivity index (χ1n) is 11.6. The van der Waals surface area contributed by atoms with Gasteiger partial charge in [0.2, 0.25) is 26.0 Å². The maximum Gasteiger partial charge on any atom is 0.245 e. The highest BCUT2D eigenvalue weighted by molar-refractivity contribution is 8.09. The smallest absolute Gasteiger partial charge is 0.245 e. The van der Waals surface area contributed by atoms with Crippen molar-refractivity contribution in [2.45, 2.75) is 32.9 Å². The Morgan fingerprint density at radius 1 is 1.08 bits per heavy atom. The number of thiophene rings is 1. The van der Waals surface area contributed by atoms with Crippen molar-refractivity contribution in [2.24, 2.45) is 0 Å². The Morgan fingerprint density at radius 3 is 2.35 bits per heavy atom. The van der Waals surface area contributed by atoms with Crippen LogP contribution >= 0.6 is 11.3 Å². The van der Waals surface area contributed by atoms with Crippen molar-refractivity contribution >= 4 is 64.7 Å². The predicted octanol–water partition coefficient (Wildman–Crippen LogP) is 2.26. The average molecular weight is 567 g/mol. The van der Waals surface area contributed by atoms with Crippen molar-refractivity contribution < 1.29 is 21.6 Å². The third-order valence-corrected chi connectivity index (χ3v) is 10.2. The van der Waals surface area contributed by atoms with Crippen molar-refractivity contribution in [2.75, 3.05) is 46.1 Å². The van der Waals surface area contributed by atoms with Crippen LogP contribution in [0.4, 0.5) is 17.2 Å². The molecule has 0 unspecified atom stereocenters. The summed E-state index contributed by atoms with van der Waals surface area (Å²) in [5.41, 5.74) is 0.959. The van der Waals surface area contributed by atoms with Crippen LogP contribution in [-0.4, -0.2) is 81.8 Å². The van der Waals surface area contributed by atoms with Crippen molar-refractivity contribution in [3.8, 4) is 0 Å². The molecule has 200 valence electrons. The van der Waals surface area contributed by atoms with E-state index in [2.05, 4.69) is 38.9 Å². The molecule has 1 aliphatic rings. The lowest BCUT2D eigenvalue weighted by molar-refractivity contribution is -0.117. The van der Waals surface area contributed by atoms with Crippen molar-refractivity contribution in [3.05, 3.63) is 41.5 Å². The van der Waals surface area contributed by atoms with Gasteiger partial charge in [0.25, 0.3) is 0 Å². The molecule has 2 aromatic heterocycles. The molecule has 1 saturated heterocycles. The van der Waals surface area contributed by atoms with Crippen molar-refractivity contribution in [3.63, 3.8) is 0 Å². The Kier molecular flexibility index (Phi) is 7.48. The highest BCUT2D eigenvalue weighted by Gasteiger charge is 2.33. The van der Waals surface area contributed by atoms with E-state index in [4.69, 9.17) is 0 Å². The quantitative estimate of drug-likeness (QED) is 0.457. The van der Waals surface area contributed by atoms with Gasteiger partial charge in [-0.1, -0.05) is 6.07 Å². The summed E-state index contributed by atoms with van der Waals surface area (Å²) >= 11 is 1.57. The van der Waals surface area contributed by atoms with E-state index in [-0.39, 0.29) is 30.2 Å². The number of carbonyl (C=O) groups is 1. The van der Waals surface area contributed by atoms with Gasteiger partial charge < -0.3 is 10.2 Å². The number of hydrogen-bond donors (Lipinski definition) is 1. The SMILES string of the molecule is Cc1ccc(N(S(C)(=O)=O)S(C)(=O)=O)cc1NC(=O)CN1C[C@@H](C)N(c2ncnc3sccc23)[C@@H](C)C1. The third-order valence-electron chi connectivity index (χ3n) is 6.16. The Bertz CT molecular complexity index is 1500. The molecule has 2 atom stereocenters. The number of aryl methyl sites for hydroxylation is 1. The van der Waals surface area contributed by atoms with Crippen LogP contribution in [0.15, 0.2) is 36.0 Å². The molecule has 1 amide bonds. The number of benzene rings is 1. The standard InChI is InChI=1S/C23H30N6O5S3/c1-15-6-7-18(29(36(4,31)32)37(5,33)34)10-20(15)26-21(30)13-27-11-16(2)28(17(3)12-27)22-19-8-9-35-23(19)25-14-24-22/h6-10,14,16-17H,11-13H2,1-5H3,(H,26,30)/t16-,17+. The summed E-state index contributed by atoms with van der Waals surface area (Å²) in [5, 5.41) is 5.84. The number of amides is 1. The van der Waals surface area contributed by atoms with Crippen LogP contribution in [0.5, 0.6) is 0 Å². The molecule has 1 fully saturated rings. The van der Waals surface area contributed by atoms with Gasteiger partial charge in [-0.2, -0.15) is 3.71 Å². The molecule has 0 bridgehead atoms. The number of nitrogens with one attached hydrogen (secondary N) is 1. The normalized spacial score (nSPS) is 19.2. The zero-order valence-corrected chi connectivity index (χ0v) is 23.7. The number of rotatable bonds is 7. The first-order valence-corrected chi connectivity index (χ1v) is 16.1. The largest absolute Gasteiger partial charge is 0.348 e. The van der Waals surface area contributed by atoms with Gasteiger partial charge in [-0.05, 0) is 49.9 Å². The van der Waals surface area contributed by atoms with Crippen LogP contribution in [0, 0.1) is 6.92 Å². The van der Waals surface area contributed by atoms with Crippen LogP contribution in [0.2, 0.25) is 0 Å². The molecule has 3 heterocycles. The van der Waals surface area contributed by atoms with Gasteiger partial charge >= 0.3 is 0 Å². The topological polar surface area (TPSA) is 133 Å². The number of piperazine rings is 1. The average Bonchev–Trinajstić information content (AvgIpc) is 3.23. The minimum absolute atomic E-state index is 0.0636. The Balaban J connectivity index is 1.48. The fraction of sp³-hybridized carbons (Fsp3) is 0.435. The number of aromatic nitrogens is 2. The van der Waals surface area contributed by atoms with Gasteiger partial charge in [0.05, 0.1) is 30.1 Å². The molecule has 0 saturated carbocycles. The fourth-order valence-electron chi connectivity index (χ4n) is 4.84. The number of anilines is 3. The third kappa shape index (κ3) is 5.87. The zero-order chi connectivity index (χ0) is 27.1. The number of carbonyl (C=O) groups excluding carboxylic acids is 1. The second-order valence-electron chi connectivity index (χ2n) is 9.41. The molecule has 1 aliphatic heterocycles. The van der Waals surface area contributed by atoms with E-state index in [0.717, 1.165) is 28.5 Å². The first kappa shape index (κ1) is 27.2. The number of fused-ring (bicyclic) bond motifs is 1. The summed E-state index contributed by atoms with van der Waals surface area (Å²) in [6, 6.07) is 6.55. The van der Waals surface area contributed by atoms with Gasteiger partial charge in [-0.25, -0.2) is 26.8 Å². The first-order chi connectivity index (χ1) is 17.3. The van der Waals surface area contributed by atoms with Crippen LogP contribution in [0.25, 0.3) is 10.2 Å². The second-order valence-corrected chi connectivity index (χ2v) is 14.2. The van der Waals surface area contributed by atoms with E-state index in [9.17, 15) is 21.6 Å². The molecular formula is C23H30N6O5S3. The molecule has 0 radical (unpaired) electrons. The summed E-state index contributed by atoms with van der Waals surface area (Å²) in [4.78, 5) is 27.1. The Hall–Kier alpha value is -2.81. The minimum Gasteiger partial charge on any atom is -0.348 e. The van der Waals surface area contributed by atoms with E-state index in [1.54, 1.807) is 30.7 Å². The van der Waals surface area contributed by atoms with Crippen LogP contribution < -0.4 is 13.9 Å². The second kappa shape index (κ2) is 10.2. The minimum atomic E-state index is -4.10. The summed E-state index contributed by atoms with van der Waals surface area (Å²) in [5.74, 6) is 0.615. The lowest BCUT2D eigenvalue weighted by Crippen LogP contribution is -2.58. The van der Waals surface area contributed by atoms with Gasteiger partial charge in [0, 0.05) is 30.9 Å². The van der Waals surface area contributed by atoms with Crippen LogP contribution in [-0.2, 0) is 24.8 Å². The molecule has 14 heteroatoms. The Labute approximate surface area is 221 Å². The molecule has 0 aliphatic carbocycles. The van der Waals surface area contributed by atoms with Gasteiger partial charge in [0.15, 0.2) is 0 Å². The van der Waals surface area contributed by atoms with Crippen LogP contribution in [0.1, 0.15) is 19.4 Å². The molecule has 37 heavy (non-hydrogen) atoms. The van der Waals surface area contributed by atoms with Crippen molar-refractivity contribution in [1.29, 1.82) is 0 Å². The maximum atomic E-state index is 13.0. The lowest BCUT2D eigenvalue weighted by atomic mass is 10.1. The van der Waals surface area contributed by atoms with Gasteiger partial charge in [-0.15, -0.1) is 11.3 Å². The van der Waals surface area contributed by atoms with E-state index < -0.39 is 20.0 Å². The monoisotopic (exact) mass is 566 g/mol. The summed E-state index contributed by atoms with van der Waals surface area (Å²) in [6.07, 6.45) is 3.22. The zero-order valence-electron chi connectivity index (χ0n) is 21.2. The number of hydrogen-bond acceptors (Lipinski definition) is 10. The van der Waals surface area contributed by atoms with E-state index in [1.807, 2.05) is 11.4 Å². The predicted molar refractivity (Wildman–Crippen MR) is 147 cm³/mol. The summed E-state index contributed by atoms with van der Waals surface area (Å²) in [6.45, 7) is 7.36. The summed E-state index contributed by atoms with van der Waals surface area (Å²) in [7, 11) is -8.19. The molecule has 3 aromatic rings.